The van der Waals surface area contributed by atoms with Crippen LogP contribution in [0.25, 0.3) is 0 Å². The zero-order valence-electron chi connectivity index (χ0n) is 12.0. The number of pyridine rings is 1. The molecule has 116 valence electrons. The summed E-state index contributed by atoms with van der Waals surface area (Å²) >= 11 is 1.49. The molecule has 1 saturated heterocycles. The molecule has 9 heteroatoms. The van der Waals surface area contributed by atoms with E-state index >= 15 is 0 Å². The van der Waals surface area contributed by atoms with E-state index in [-0.39, 0.29) is 6.10 Å². The molecule has 1 aliphatic rings. The van der Waals surface area contributed by atoms with Crippen molar-refractivity contribution in [2.45, 2.75) is 6.10 Å². The van der Waals surface area contributed by atoms with Gasteiger partial charge in [0.2, 0.25) is 5.88 Å². The Labute approximate surface area is 128 Å². The molecule has 1 aromatic rings. The highest BCUT2D eigenvalue weighted by molar-refractivity contribution is 8.13. The van der Waals surface area contributed by atoms with Crippen LogP contribution in [0, 0.1) is 0 Å². The van der Waals surface area contributed by atoms with E-state index in [1.165, 1.54) is 11.8 Å². The fourth-order valence-corrected chi connectivity index (χ4v) is 3.04. The highest BCUT2D eigenvalue weighted by Crippen LogP contribution is 2.22. The first kappa shape index (κ1) is 16.1. The molecule has 0 aromatic carbocycles. The second kappa shape index (κ2) is 6.63. The number of amidine groups is 1. The topological polar surface area (TPSA) is 81.1 Å². The fraction of sp³-hybridized carbons (Fsp3) is 0.500. The van der Waals surface area contributed by atoms with Gasteiger partial charge in [-0.2, -0.15) is 8.42 Å². The van der Waals surface area contributed by atoms with Crippen molar-refractivity contribution in [1.29, 1.82) is 0 Å². The third-order valence-corrected chi connectivity index (χ3v) is 4.10. The Bertz CT molecular complexity index is 610. The molecule has 0 atom stereocenters. The minimum Gasteiger partial charge on any atom is -0.481 e. The van der Waals surface area contributed by atoms with E-state index in [4.69, 9.17) is 8.92 Å². The fourth-order valence-electron chi connectivity index (χ4n) is 1.82. The molecule has 1 fully saturated rings. The second-order valence-corrected chi connectivity index (χ2v) is 6.86. The van der Waals surface area contributed by atoms with Crippen LogP contribution >= 0.6 is 11.8 Å². The van der Waals surface area contributed by atoms with Crippen LogP contribution in [0.5, 0.6) is 5.88 Å². The zero-order chi connectivity index (χ0) is 15.5. The summed E-state index contributed by atoms with van der Waals surface area (Å²) in [4.78, 5) is 10.5. The highest BCUT2D eigenvalue weighted by atomic mass is 32.2. The standard InChI is InChI=1S/C12H17N3O4S2/c1-18-11-5-4-9(6-13-11)14-12(20-2)15-7-10(8-15)19-21(3,16)17/h4-6,10H,7-8H2,1-3H3. The summed E-state index contributed by atoms with van der Waals surface area (Å²) in [5.41, 5.74) is 0.715. The van der Waals surface area contributed by atoms with E-state index in [0.29, 0.717) is 24.7 Å². The van der Waals surface area contributed by atoms with Crippen molar-refractivity contribution < 1.29 is 17.3 Å². The zero-order valence-corrected chi connectivity index (χ0v) is 13.6. The molecule has 1 aliphatic heterocycles. The van der Waals surface area contributed by atoms with E-state index in [2.05, 4.69) is 9.98 Å². The van der Waals surface area contributed by atoms with Gasteiger partial charge in [0.25, 0.3) is 10.1 Å². The number of thioether (sulfide) groups is 1. The normalized spacial score (nSPS) is 16.7. The summed E-state index contributed by atoms with van der Waals surface area (Å²) in [7, 11) is -1.85. The molecule has 0 saturated carbocycles. The Morgan fingerprint density at radius 1 is 1.48 bits per heavy atom. The number of aliphatic imine (C=N–C) groups is 1. The van der Waals surface area contributed by atoms with Crippen LogP contribution in [0.4, 0.5) is 5.69 Å². The van der Waals surface area contributed by atoms with Crippen LogP contribution in [-0.2, 0) is 14.3 Å². The number of aromatic nitrogens is 1. The molecular formula is C12H17N3O4S2. The molecule has 21 heavy (non-hydrogen) atoms. The van der Waals surface area contributed by atoms with Gasteiger partial charge in [-0.05, 0) is 12.3 Å². The molecule has 0 aliphatic carbocycles. The van der Waals surface area contributed by atoms with Crippen molar-refractivity contribution in [3.63, 3.8) is 0 Å². The Morgan fingerprint density at radius 3 is 2.67 bits per heavy atom. The van der Waals surface area contributed by atoms with Crippen molar-refractivity contribution >= 4 is 32.7 Å². The molecule has 0 amide bonds. The first-order valence-corrected chi connectivity index (χ1v) is 9.21. The Kier molecular flexibility index (Phi) is 5.07. The average Bonchev–Trinajstić information content (AvgIpc) is 2.40. The predicted octanol–water partition coefficient (Wildman–Crippen LogP) is 1.10. The molecule has 7 nitrogen and oxygen atoms in total. The smallest absolute Gasteiger partial charge is 0.264 e. The van der Waals surface area contributed by atoms with E-state index in [1.54, 1.807) is 19.4 Å². The maximum atomic E-state index is 11.0. The van der Waals surface area contributed by atoms with E-state index in [9.17, 15) is 8.42 Å². The summed E-state index contributed by atoms with van der Waals surface area (Å²) < 4.78 is 32.0. The van der Waals surface area contributed by atoms with Crippen molar-refractivity contribution in [3.05, 3.63) is 18.3 Å². The third kappa shape index (κ3) is 4.58. The molecule has 0 bridgehead atoms. The summed E-state index contributed by atoms with van der Waals surface area (Å²) in [5.74, 6) is 0.533. The van der Waals surface area contributed by atoms with Crippen LogP contribution in [0.2, 0.25) is 0 Å². The number of nitrogens with zero attached hydrogens (tertiary/aromatic N) is 3. The van der Waals surface area contributed by atoms with Gasteiger partial charge in [-0.1, -0.05) is 11.8 Å². The van der Waals surface area contributed by atoms with Crippen molar-refractivity contribution in [2.75, 3.05) is 32.7 Å². The van der Waals surface area contributed by atoms with Gasteiger partial charge in [-0.3, -0.25) is 4.18 Å². The van der Waals surface area contributed by atoms with Gasteiger partial charge in [0.15, 0.2) is 5.17 Å². The number of hydrogen-bond acceptors (Lipinski definition) is 7. The van der Waals surface area contributed by atoms with E-state index < -0.39 is 10.1 Å². The van der Waals surface area contributed by atoms with Crippen molar-refractivity contribution in [3.8, 4) is 5.88 Å². The SMILES string of the molecule is COc1ccc(N=C(SC)N2CC(OS(C)(=O)=O)C2)cn1. The molecule has 2 heterocycles. The van der Waals surface area contributed by atoms with E-state index in [1.807, 2.05) is 17.2 Å². The Balaban J connectivity index is 1.99. The van der Waals surface area contributed by atoms with Crippen LogP contribution in [0.3, 0.4) is 0 Å². The summed E-state index contributed by atoms with van der Waals surface area (Å²) in [6.45, 7) is 1.02. The van der Waals surface area contributed by atoms with Crippen molar-refractivity contribution in [1.82, 2.24) is 9.88 Å². The minimum atomic E-state index is -3.40. The molecule has 2 rings (SSSR count). The third-order valence-electron chi connectivity index (χ3n) is 2.77. The number of ether oxygens (including phenoxy) is 1. The monoisotopic (exact) mass is 331 g/mol. The van der Waals surface area contributed by atoms with Gasteiger partial charge in [-0.25, -0.2) is 9.98 Å². The Hall–Kier alpha value is -1.32. The maximum absolute atomic E-state index is 11.0. The lowest BCUT2D eigenvalue weighted by atomic mass is 10.2. The highest BCUT2D eigenvalue weighted by Gasteiger charge is 2.32. The van der Waals surface area contributed by atoms with Gasteiger partial charge in [0, 0.05) is 19.2 Å². The van der Waals surface area contributed by atoms with Gasteiger partial charge in [-0.15, -0.1) is 0 Å². The quantitative estimate of drug-likeness (QED) is 0.464. The number of likely N-dealkylation sites (tertiary alicyclic amines) is 1. The lowest BCUT2D eigenvalue weighted by Gasteiger charge is -2.39. The Morgan fingerprint density at radius 2 is 2.19 bits per heavy atom. The maximum Gasteiger partial charge on any atom is 0.264 e. The lowest BCUT2D eigenvalue weighted by molar-refractivity contribution is 0.0767. The van der Waals surface area contributed by atoms with Gasteiger partial charge < -0.3 is 9.64 Å². The number of rotatable bonds is 4. The lowest BCUT2D eigenvalue weighted by Crippen LogP contribution is -2.54. The minimum absolute atomic E-state index is 0.300. The molecular weight excluding hydrogens is 314 g/mol. The van der Waals surface area contributed by atoms with Crippen LogP contribution in [-0.4, -0.2) is 62.3 Å². The van der Waals surface area contributed by atoms with Crippen LogP contribution in [0.15, 0.2) is 23.3 Å². The van der Waals surface area contributed by atoms with Gasteiger partial charge in [0.1, 0.15) is 6.10 Å². The number of hydrogen-bond donors (Lipinski definition) is 0. The summed E-state index contributed by atoms with van der Waals surface area (Å²) in [5, 5.41) is 0.801. The molecule has 1 aromatic heterocycles. The molecule has 0 N–H and O–H groups in total. The van der Waals surface area contributed by atoms with E-state index in [0.717, 1.165) is 11.4 Å². The largest absolute Gasteiger partial charge is 0.481 e. The first-order chi connectivity index (χ1) is 9.91. The molecule has 0 spiro atoms. The first-order valence-electron chi connectivity index (χ1n) is 6.17. The number of methoxy groups -OCH3 is 1. The summed E-state index contributed by atoms with van der Waals surface area (Å²) in [6.07, 6.45) is 4.30. The van der Waals surface area contributed by atoms with Gasteiger partial charge in [0.05, 0.1) is 25.2 Å². The van der Waals surface area contributed by atoms with Gasteiger partial charge >= 0.3 is 0 Å². The average molecular weight is 331 g/mol. The summed E-state index contributed by atoms with van der Waals surface area (Å²) in [6, 6.07) is 3.55. The van der Waals surface area contributed by atoms with Crippen LogP contribution in [0.1, 0.15) is 0 Å². The molecule has 0 radical (unpaired) electrons. The second-order valence-electron chi connectivity index (χ2n) is 4.48. The predicted molar refractivity (Wildman–Crippen MR) is 82.7 cm³/mol. The van der Waals surface area contributed by atoms with Crippen molar-refractivity contribution in [2.24, 2.45) is 4.99 Å². The van der Waals surface area contributed by atoms with Crippen LogP contribution < -0.4 is 4.74 Å². The molecule has 0 unspecified atom stereocenters.